The molecule has 1 unspecified atom stereocenters. The van der Waals surface area contributed by atoms with Crippen molar-refractivity contribution in [1.82, 2.24) is 0 Å². The van der Waals surface area contributed by atoms with Crippen LogP contribution >= 0.6 is 0 Å². The number of unbranched alkanes of at least 4 members (excludes halogenated alkanes) is 37. The van der Waals surface area contributed by atoms with E-state index in [1.54, 1.807) is 0 Å². The van der Waals surface area contributed by atoms with Crippen LogP contribution in [0.1, 0.15) is 290 Å². The van der Waals surface area contributed by atoms with E-state index in [4.69, 9.17) is 4.74 Å². The summed E-state index contributed by atoms with van der Waals surface area (Å²) in [5.74, 6) is 0.262. The Bertz CT molecular complexity index is 615. The van der Waals surface area contributed by atoms with E-state index in [1.165, 1.54) is 250 Å². The normalized spacial score (nSPS) is 12.1. The Balaban J connectivity index is 3.93. The molecule has 1 atom stereocenters. The molecule has 0 N–H and O–H groups in total. The number of rotatable bonds is 44. The van der Waals surface area contributed by atoms with Crippen molar-refractivity contribution in [3.05, 3.63) is 0 Å². The molecular formula is C48H96O2. The predicted octanol–water partition coefficient (Wildman–Crippen LogP) is 17.6. The summed E-state index contributed by atoms with van der Waals surface area (Å²) in [6.07, 6.45) is 57.2. The van der Waals surface area contributed by atoms with Crippen molar-refractivity contribution >= 4 is 5.97 Å². The zero-order valence-electron chi connectivity index (χ0n) is 35.3. The Morgan fingerprint density at radius 1 is 0.300 bits per heavy atom. The monoisotopic (exact) mass is 705 g/mol. The molecule has 0 aliphatic carbocycles. The maximum Gasteiger partial charge on any atom is 0.308 e. The van der Waals surface area contributed by atoms with Crippen LogP contribution < -0.4 is 0 Å². The van der Waals surface area contributed by atoms with Gasteiger partial charge in [-0.05, 0) is 19.3 Å². The third-order valence-electron chi connectivity index (χ3n) is 11.4. The fraction of sp³-hybridized carbons (Fsp3) is 0.979. The van der Waals surface area contributed by atoms with Gasteiger partial charge >= 0.3 is 5.97 Å². The van der Waals surface area contributed by atoms with Gasteiger partial charge in [-0.25, -0.2) is 0 Å². The van der Waals surface area contributed by atoms with Gasteiger partial charge in [0.15, 0.2) is 0 Å². The van der Waals surface area contributed by atoms with Crippen molar-refractivity contribution in [3.8, 4) is 0 Å². The summed E-state index contributed by atoms with van der Waals surface area (Å²) >= 11 is 0. The Hall–Kier alpha value is -0.530. The minimum absolute atomic E-state index is 0.120. The molecule has 0 fully saturated rings. The first-order chi connectivity index (χ1) is 24.8. The molecule has 50 heavy (non-hydrogen) atoms. The number of esters is 1. The standard InChI is InChI=1S/C48H96O2/c1-4-7-10-13-16-19-21-23-25-27-29-31-33-36-39-42-45-47(44-41-38-35-18-15-12-9-6-3)48(49)50-46-43-40-37-34-32-30-28-26-24-22-20-17-14-11-8-5-2/h47H,4-46H2,1-3H3. The van der Waals surface area contributed by atoms with Crippen LogP contribution in [0.15, 0.2) is 0 Å². The van der Waals surface area contributed by atoms with Crippen LogP contribution in [-0.4, -0.2) is 12.6 Å². The SMILES string of the molecule is CCCCCCCCCCCCCCCCCCOC(=O)C(CCCCCCCCCC)CCCCCCCCCCCCCCCCCC. The largest absolute Gasteiger partial charge is 0.465 e. The second-order valence-electron chi connectivity index (χ2n) is 16.5. The zero-order valence-corrected chi connectivity index (χ0v) is 35.3. The van der Waals surface area contributed by atoms with E-state index >= 15 is 0 Å². The summed E-state index contributed by atoms with van der Waals surface area (Å²) in [5.41, 5.74) is 0. The summed E-state index contributed by atoms with van der Waals surface area (Å²) in [5, 5.41) is 0. The van der Waals surface area contributed by atoms with E-state index in [0.29, 0.717) is 6.61 Å². The molecule has 0 rings (SSSR count). The lowest BCUT2D eigenvalue weighted by Gasteiger charge is -2.16. The molecule has 0 saturated heterocycles. The lowest BCUT2D eigenvalue weighted by Crippen LogP contribution is -2.18. The summed E-state index contributed by atoms with van der Waals surface area (Å²) in [4.78, 5) is 13.1. The number of hydrogen-bond acceptors (Lipinski definition) is 2. The van der Waals surface area contributed by atoms with Crippen molar-refractivity contribution in [3.63, 3.8) is 0 Å². The minimum atomic E-state index is 0.120. The van der Waals surface area contributed by atoms with Crippen LogP contribution in [0.3, 0.4) is 0 Å². The third-order valence-corrected chi connectivity index (χ3v) is 11.4. The molecule has 0 bridgehead atoms. The molecule has 0 aliphatic heterocycles. The van der Waals surface area contributed by atoms with Crippen LogP contribution in [0.5, 0.6) is 0 Å². The predicted molar refractivity (Wildman–Crippen MR) is 225 cm³/mol. The van der Waals surface area contributed by atoms with Crippen LogP contribution in [0.25, 0.3) is 0 Å². The van der Waals surface area contributed by atoms with Gasteiger partial charge in [0.05, 0.1) is 12.5 Å². The first-order valence-corrected chi connectivity index (χ1v) is 23.9. The Morgan fingerprint density at radius 2 is 0.500 bits per heavy atom. The lowest BCUT2D eigenvalue weighted by molar-refractivity contribution is -0.149. The molecule has 0 spiro atoms. The highest BCUT2D eigenvalue weighted by Crippen LogP contribution is 2.22. The second kappa shape index (κ2) is 44.6. The molecule has 0 radical (unpaired) electrons. The van der Waals surface area contributed by atoms with E-state index in [2.05, 4.69) is 20.8 Å². The fourth-order valence-corrected chi connectivity index (χ4v) is 7.78. The molecular weight excluding hydrogens is 609 g/mol. The Labute approximate surface area is 317 Å². The molecule has 2 heteroatoms. The fourth-order valence-electron chi connectivity index (χ4n) is 7.78. The molecule has 0 amide bonds. The topological polar surface area (TPSA) is 26.3 Å². The van der Waals surface area contributed by atoms with Crippen molar-refractivity contribution in [1.29, 1.82) is 0 Å². The molecule has 0 aromatic rings. The number of carbonyl (C=O) groups is 1. The summed E-state index contributed by atoms with van der Waals surface area (Å²) in [6, 6.07) is 0. The summed E-state index contributed by atoms with van der Waals surface area (Å²) in [6.45, 7) is 7.53. The van der Waals surface area contributed by atoms with Crippen LogP contribution in [-0.2, 0) is 9.53 Å². The molecule has 0 aromatic carbocycles. The molecule has 0 aliphatic rings. The first kappa shape index (κ1) is 49.5. The van der Waals surface area contributed by atoms with Crippen LogP contribution in [0.4, 0.5) is 0 Å². The van der Waals surface area contributed by atoms with Crippen LogP contribution in [0, 0.1) is 5.92 Å². The maximum absolute atomic E-state index is 13.1. The average Bonchev–Trinajstić information content (AvgIpc) is 3.12. The Kier molecular flexibility index (Phi) is 44.2. The van der Waals surface area contributed by atoms with Crippen LogP contribution in [0.2, 0.25) is 0 Å². The highest BCUT2D eigenvalue weighted by molar-refractivity contribution is 5.72. The highest BCUT2D eigenvalue weighted by atomic mass is 16.5. The quantitative estimate of drug-likeness (QED) is 0.0466. The third kappa shape index (κ3) is 40.2. The summed E-state index contributed by atoms with van der Waals surface area (Å²) in [7, 11) is 0. The second-order valence-corrected chi connectivity index (χ2v) is 16.5. The van der Waals surface area contributed by atoms with Gasteiger partial charge in [-0.1, -0.05) is 271 Å². The molecule has 300 valence electrons. The molecule has 0 saturated carbocycles. The van der Waals surface area contributed by atoms with Gasteiger partial charge in [-0.15, -0.1) is 0 Å². The smallest absolute Gasteiger partial charge is 0.308 e. The van der Waals surface area contributed by atoms with Crippen molar-refractivity contribution in [2.45, 2.75) is 290 Å². The highest BCUT2D eigenvalue weighted by Gasteiger charge is 2.19. The minimum Gasteiger partial charge on any atom is -0.465 e. The maximum atomic E-state index is 13.1. The van der Waals surface area contributed by atoms with E-state index < -0.39 is 0 Å². The first-order valence-electron chi connectivity index (χ1n) is 23.9. The lowest BCUT2D eigenvalue weighted by atomic mass is 9.94. The number of carbonyl (C=O) groups excluding carboxylic acids is 1. The van der Waals surface area contributed by atoms with Crippen molar-refractivity contribution in [2.24, 2.45) is 5.92 Å². The van der Waals surface area contributed by atoms with E-state index in [1.807, 2.05) is 0 Å². The average molecular weight is 705 g/mol. The van der Waals surface area contributed by atoms with Gasteiger partial charge in [-0.2, -0.15) is 0 Å². The summed E-state index contributed by atoms with van der Waals surface area (Å²) < 4.78 is 5.89. The van der Waals surface area contributed by atoms with E-state index in [-0.39, 0.29) is 11.9 Å². The van der Waals surface area contributed by atoms with Crippen molar-refractivity contribution in [2.75, 3.05) is 6.61 Å². The van der Waals surface area contributed by atoms with Gasteiger partial charge in [0.1, 0.15) is 0 Å². The van der Waals surface area contributed by atoms with Gasteiger partial charge in [0.2, 0.25) is 0 Å². The number of ether oxygens (including phenoxy) is 1. The zero-order chi connectivity index (χ0) is 36.3. The van der Waals surface area contributed by atoms with Gasteiger partial charge in [0, 0.05) is 0 Å². The Morgan fingerprint density at radius 3 is 0.740 bits per heavy atom. The van der Waals surface area contributed by atoms with Gasteiger partial charge < -0.3 is 4.74 Å². The van der Waals surface area contributed by atoms with Gasteiger partial charge in [0.25, 0.3) is 0 Å². The molecule has 0 heterocycles. The van der Waals surface area contributed by atoms with E-state index in [9.17, 15) is 4.79 Å². The van der Waals surface area contributed by atoms with Crippen molar-refractivity contribution < 1.29 is 9.53 Å². The molecule has 0 aromatic heterocycles. The van der Waals surface area contributed by atoms with E-state index in [0.717, 1.165) is 19.3 Å². The molecule has 2 nitrogen and oxygen atoms in total. The number of hydrogen-bond donors (Lipinski definition) is 0. The van der Waals surface area contributed by atoms with Gasteiger partial charge in [-0.3, -0.25) is 4.79 Å².